The molecule has 2 aliphatic heterocycles. The van der Waals surface area contributed by atoms with E-state index in [9.17, 15) is 5.11 Å². The van der Waals surface area contributed by atoms with Gasteiger partial charge in [-0.05, 0) is 37.4 Å². The van der Waals surface area contributed by atoms with Gasteiger partial charge in [0.25, 0.3) is 0 Å². The summed E-state index contributed by atoms with van der Waals surface area (Å²) in [5.74, 6) is 0. The van der Waals surface area contributed by atoms with Crippen molar-refractivity contribution in [3.63, 3.8) is 0 Å². The van der Waals surface area contributed by atoms with E-state index >= 15 is 0 Å². The lowest BCUT2D eigenvalue weighted by molar-refractivity contribution is -0.0433. The van der Waals surface area contributed by atoms with Gasteiger partial charge in [-0.1, -0.05) is 23.8 Å². The normalized spacial score (nSPS) is 32.5. The predicted molar refractivity (Wildman–Crippen MR) is 65.9 cm³/mol. The molecule has 2 heterocycles. The molecule has 1 aromatic rings. The molecule has 2 N–H and O–H groups in total. The van der Waals surface area contributed by atoms with Crippen molar-refractivity contribution in [3.8, 4) is 0 Å². The smallest absolute Gasteiger partial charge is 0.103 e. The minimum atomic E-state index is -0.470. The van der Waals surface area contributed by atoms with Gasteiger partial charge in [0.15, 0.2) is 0 Å². The van der Waals surface area contributed by atoms with E-state index in [1.54, 1.807) is 0 Å². The molecule has 1 fully saturated rings. The monoisotopic (exact) mass is 233 g/mol. The minimum Gasteiger partial charge on any atom is -0.386 e. The second kappa shape index (κ2) is 4.41. The molecule has 1 unspecified atom stereocenters. The quantitative estimate of drug-likeness (QED) is 0.778. The molecule has 3 rings (SSSR count). The number of rotatable bonds is 1. The molecule has 0 amide bonds. The van der Waals surface area contributed by atoms with E-state index < -0.39 is 6.10 Å². The first-order valence-electron chi connectivity index (χ1n) is 6.39. The number of aryl methyl sites for hydroxylation is 1. The van der Waals surface area contributed by atoms with Gasteiger partial charge in [-0.25, -0.2) is 0 Å². The molecule has 3 atom stereocenters. The SMILES string of the molecule is Cc1ccc2c(c1)C(O)CO[C@H]2[C@@H]1CCCN1. The fraction of sp³-hybridized carbons (Fsp3) is 0.571. The molecule has 17 heavy (non-hydrogen) atoms. The fourth-order valence-corrected chi connectivity index (χ4v) is 2.92. The molecular formula is C14H19NO2. The molecule has 0 bridgehead atoms. The Morgan fingerprint density at radius 3 is 3.00 bits per heavy atom. The van der Waals surface area contributed by atoms with Crippen LogP contribution in [0.1, 0.15) is 41.7 Å². The maximum atomic E-state index is 10.0. The Labute approximate surface area is 102 Å². The van der Waals surface area contributed by atoms with Crippen molar-refractivity contribution in [3.05, 3.63) is 34.9 Å². The van der Waals surface area contributed by atoms with Gasteiger partial charge >= 0.3 is 0 Å². The second-order valence-corrected chi connectivity index (χ2v) is 5.10. The van der Waals surface area contributed by atoms with E-state index in [1.807, 2.05) is 0 Å². The summed E-state index contributed by atoms with van der Waals surface area (Å²) in [7, 11) is 0. The Hall–Kier alpha value is -0.900. The highest BCUT2D eigenvalue weighted by Gasteiger charge is 2.33. The fourth-order valence-electron chi connectivity index (χ4n) is 2.92. The molecule has 1 saturated heterocycles. The lowest BCUT2D eigenvalue weighted by Crippen LogP contribution is -2.35. The highest BCUT2D eigenvalue weighted by atomic mass is 16.5. The Bertz CT molecular complexity index is 413. The minimum absolute atomic E-state index is 0.108. The summed E-state index contributed by atoms with van der Waals surface area (Å²) in [5.41, 5.74) is 3.41. The van der Waals surface area contributed by atoms with Crippen molar-refractivity contribution < 1.29 is 9.84 Å². The van der Waals surface area contributed by atoms with Crippen LogP contribution in [0, 0.1) is 6.92 Å². The molecule has 0 radical (unpaired) electrons. The zero-order valence-corrected chi connectivity index (χ0v) is 10.1. The van der Waals surface area contributed by atoms with Crippen LogP contribution in [-0.2, 0) is 4.74 Å². The zero-order chi connectivity index (χ0) is 11.8. The Kier molecular flexibility index (Phi) is 2.90. The van der Waals surface area contributed by atoms with Crippen LogP contribution in [0.15, 0.2) is 18.2 Å². The Morgan fingerprint density at radius 2 is 2.24 bits per heavy atom. The summed E-state index contributed by atoms with van der Waals surface area (Å²) >= 11 is 0. The number of hydrogen-bond donors (Lipinski definition) is 2. The third kappa shape index (κ3) is 1.99. The van der Waals surface area contributed by atoms with Crippen LogP contribution in [0.25, 0.3) is 0 Å². The molecule has 3 nitrogen and oxygen atoms in total. The molecule has 0 saturated carbocycles. The third-order valence-electron chi connectivity index (χ3n) is 3.81. The van der Waals surface area contributed by atoms with Crippen LogP contribution in [0.3, 0.4) is 0 Å². The molecule has 0 aliphatic carbocycles. The average molecular weight is 233 g/mol. The number of benzene rings is 1. The van der Waals surface area contributed by atoms with Gasteiger partial charge in [0, 0.05) is 6.04 Å². The number of aliphatic hydroxyl groups is 1. The van der Waals surface area contributed by atoms with Gasteiger partial charge in [-0.2, -0.15) is 0 Å². The van der Waals surface area contributed by atoms with Crippen molar-refractivity contribution in [2.24, 2.45) is 0 Å². The van der Waals surface area contributed by atoms with Crippen molar-refractivity contribution in [2.75, 3.05) is 13.2 Å². The molecule has 0 spiro atoms. The van der Waals surface area contributed by atoms with Crippen molar-refractivity contribution in [1.29, 1.82) is 0 Å². The van der Waals surface area contributed by atoms with E-state index in [2.05, 4.69) is 30.4 Å². The van der Waals surface area contributed by atoms with Crippen molar-refractivity contribution in [2.45, 2.75) is 38.0 Å². The number of hydrogen-bond acceptors (Lipinski definition) is 3. The largest absolute Gasteiger partial charge is 0.386 e. The first-order valence-corrected chi connectivity index (χ1v) is 6.39. The van der Waals surface area contributed by atoms with E-state index in [0.29, 0.717) is 12.6 Å². The first-order chi connectivity index (χ1) is 8.25. The lowest BCUT2D eigenvalue weighted by atomic mass is 9.90. The van der Waals surface area contributed by atoms with Crippen LogP contribution >= 0.6 is 0 Å². The molecular weight excluding hydrogens is 214 g/mol. The summed E-state index contributed by atoms with van der Waals surface area (Å²) in [6.45, 7) is 3.55. The van der Waals surface area contributed by atoms with Gasteiger partial charge in [0.2, 0.25) is 0 Å². The maximum absolute atomic E-state index is 10.0. The number of ether oxygens (including phenoxy) is 1. The number of nitrogens with one attached hydrogen (secondary N) is 1. The summed E-state index contributed by atoms with van der Waals surface area (Å²) < 4.78 is 5.83. The summed E-state index contributed by atoms with van der Waals surface area (Å²) in [5, 5.41) is 13.5. The lowest BCUT2D eigenvalue weighted by Gasteiger charge is -2.33. The predicted octanol–water partition coefficient (Wildman–Crippen LogP) is 1.85. The first kappa shape index (κ1) is 11.2. The Morgan fingerprint density at radius 1 is 1.35 bits per heavy atom. The van der Waals surface area contributed by atoms with Crippen molar-refractivity contribution >= 4 is 0 Å². The van der Waals surface area contributed by atoms with E-state index in [4.69, 9.17) is 4.74 Å². The summed E-state index contributed by atoms with van der Waals surface area (Å²) in [4.78, 5) is 0. The number of aliphatic hydroxyl groups excluding tert-OH is 1. The van der Waals surface area contributed by atoms with Crippen LogP contribution < -0.4 is 5.32 Å². The highest BCUT2D eigenvalue weighted by Crippen LogP contribution is 2.37. The molecule has 2 aliphatic rings. The molecule has 0 aromatic heterocycles. The average Bonchev–Trinajstić information content (AvgIpc) is 2.84. The van der Waals surface area contributed by atoms with Crippen LogP contribution in [0.4, 0.5) is 0 Å². The van der Waals surface area contributed by atoms with Crippen LogP contribution in [0.5, 0.6) is 0 Å². The van der Waals surface area contributed by atoms with E-state index in [-0.39, 0.29) is 6.10 Å². The summed E-state index contributed by atoms with van der Waals surface area (Å²) in [6.07, 6.45) is 2.02. The number of fused-ring (bicyclic) bond motifs is 1. The molecule has 92 valence electrons. The summed E-state index contributed by atoms with van der Waals surface area (Å²) in [6, 6.07) is 6.70. The van der Waals surface area contributed by atoms with Crippen LogP contribution in [0.2, 0.25) is 0 Å². The van der Waals surface area contributed by atoms with E-state index in [1.165, 1.54) is 12.0 Å². The standard InChI is InChI=1S/C14H19NO2/c1-9-4-5-10-11(7-9)13(16)8-17-14(10)12-3-2-6-15-12/h4-5,7,12-16H,2-3,6,8H2,1H3/t12-,13?,14+/m0/s1. The van der Waals surface area contributed by atoms with Gasteiger partial charge < -0.3 is 15.2 Å². The van der Waals surface area contributed by atoms with Crippen molar-refractivity contribution in [1.82, 2.24) is 5.32 Å². The second-order valence-electron chi connectivity index (χ2n) is 5.10. The van der Waals surface area contributed by atoms with Gasteiger partial charge in [-0.15, -0.1) is 0 Å². The topological polar surface area (TPSA) is 41.5 Å². The van der Waals surface area contributed by atoms with Gasteiger partial charge in [0.05, 0.1) is 12.7 Å². The maximum Gasteiger partial charge on any atom is 0.103 e. The molecule has 1 aromatic carbocycles. The van der Waals surface area contributed by atoms with E-state index in [0.717, 1.165) is 24.1 Å². The highest BCUT2D eigenvalue weighted by molar-refractivity contribution is 5.37. The van der Waals surface area contributed by atoms with Gasteiger partial charge in [0.1, 0.15) is 6.10 Å². The Balaban J connectivity index is 1.96. The van der Waals surface area contributed by atoms with Crippen LogP contribution in [-0.4, -0.2) is 24.3 Å². The third-order valence-corrected chi connectivity index (χ3v) is 3.81. The van der Waals surface area contributed by atoms with Gasteiger partial charge in [-0.3, -0.25) is 0 Å². The molecule has 3 heteroatoms. The zero-order valence-electron chi connectivity index (χ0n) is 10.1.